The largest absolute Gasteiger partial charge is 0.439 e. The second kappa shape index (κ2) is 5.48. The summed E-state index contributed by atoms with van der Waals surface area (Å²) in [5.74, 6) is 1.08. The van der Waals surface area contributed by atoms with Crippen LogP contribution >= 0.6 is 11.6 Å². The lowest BCUT2D eigenvalue weighted by atomic mass is 10.2. The van der Waals surface area contributed by atoms with Crippen LogP contribution in [0.25, 0.3) is 0 Å². The molecule has 0 bridgehead atoms. The first-order valence-corrected chi connectivity index (χ1v) is 5.69. The highest BCUT2D eigenvalue weighted by Crippen LogP contribution is 2.23. The number of benzene rings is 1. The van der Waals surface area contributed by atoms with E-state index in [2.05, 4.69) is 16.0 Å². The zero-order chi connectivity index (χ0) is 13.0. The molecule has 1 aromatic heterocycles. The van der Waals surface area contributed by atoms with Gasteiger partial charge >= 0.3 is 0 Å². The van der Waals surface area contributed by atoms with Gasteiger partial charge in [0.1, 0.15) is 5.75 Å². The monoisotopic (exact) mass is 259 g/mol. The second-order valence-corrected chi connectivity index (χ2v) is 4.05. The van der Waals surface area contributed by atoms with Crippen molar-refractivity contribution in [3.05, 3.63) is 46.9 Å². The maximum Gasteiger partial charge on any atom is 0.226 e. The molecule has 0 N–H and O–H groups in total. The molecule has 0 atom stereocenters. The van der Waals surface area contributed by atoms with Gasteiger partial charge in [-0.2, -0.15) is 10.2 Å². The standard InChI is InChI=1S/C13H10ClN3O/c1-9-8-16-13(14)17-12(9)18-11-4-2-10(3-5-11)6-7-15/h2-5,8H,6H2,1H3. The van der Waals surface area contributed by atoms with Crippen LogP contribution in [0.2, 0.25) is 5.28 Å². The van der Waals surface area contributed by atoms with Crippen LogP contribution < -0.4 is 4.74 Å². The molecule has 5 heteroatoms. The number of hydrogen-bond donors (Lipinski definition) is 0. The Morgan fingerprint density at radius 1 is 1.33 bits per heavy atom. The minimum absolute atomic E-state index is 0.150. The fourth-order valence-corrected chi connectivity index (χ4v) is 1.51. The molecule has 2 aromatic rings. The molecule has 0 aliphatic carbocycles. The smallest absolute Gasteiger partial charge is 0.226 e. The quantitative estimate of drug-likeness (QED) is 0.794. The van der Waals surface area contributed by atoms with Gasteiger partial charge in [-0.3, -0.25) is 0 Å². The molecule has 0 saturated heterocycles. The fraction of sp³-hybridized carbons (Fsp3) is 0.154. The molecular weight excluding hydrogens is 250 g/mol. The van der Waals surface area contributed by atoms with Gasteiger partial charge in [-0.25, -0.2) is 4.98 Å². The van der Waals surface area contributed by atoms with Gasteiger partial charge in [-0.15, -0.1) is 0 Å². The van der Waals surface area contributed by atoms with E-state index < -0.39 is 0 Å². The summed E-state index contributed by atoms with van der Waals surface area (Å²) in [6, 6.07) is 9.37. The van der Waals surface area contributed by atoms with Crippen LogP contribution in [0.15, 0.2) is 30.5 Å². The maximum absolute atomic E-state index is 8.58. The predicted molar refractivity (Wildman–Crippen MR) is 67.6 cm³/mol. The number of nitrogens with zero attached hydrogens (tertiary/aromatic N) is 3. The minimum atomic E-state index is 0.150. The normalized spacial score (nSPS) is 9.83. The van der Waals surface area contributed by atoms with Gasteiger partial charge in [0.05, 0.1) is 12.5 Å². The topological polar surface area (TPSA) is 58.8 Å². The molecule has 0 saturated carbocycles. The van der Waals surface area contributed by atoms with Crippen LogP contribution in [0.5, 0.6) is 11.6 Å². The second-order valence-electron chi connectivity index (χ2n) is 3.71. The highest BCUT2D eigenvalue weighted by Gasteiger charge is 2.05. The predicted octanol–water partition coefficient (Wildman–Crippen LogP) is 3.30. The number of hydrogen-bond acceptors (Lipinski definition) is 4. The third kappa shape index (κ3) is 2.96. The summed E-state index contributed by atoms with van der Waals surface area (Å²) < 4.78 is 5.60. The highest BCUT2D eigenvalue weighted by atomic mass is 35.5. The Hall–Kier alpha value is -2.12. The summed E-state index contributed by atoms with van der Waals surface area (Å²) in [4.78, 5) is 7.86. The molecule has 0 aliphatic heterocycles. The molecule has 4 nitrogen and oxygen atoms in total. The Morgan fingerprint density at radius 2 is 2.06 bits per heavy atom. The summed E-state index contributed by atoms with van der Waals surface area (Å²) in [6.07, 6.45) is 1.99. The number of aryl methyl sites for hydroxylation is 1. The van der Waals surface area contributed by atoms with E-state index in [1.165, 1.54) is 0 Å². The van der Waals surface area contributed by atoms with Crippen molar-refractivity contribution in [3.8, 4) is 17.7 Å². The van der Waals surface area contributed by atoms with Gasteiger partial charge in [0, 0.05) is 11.8 Å². The maximum atomic E-state index is 8.58. The lowest BCUT2D eigenvalue weighted by molar-refractivity contribution is 0.457. The molecule has 1 aromatic carbocycles. The number of halogens is 1. The molecule has 18 heavy (non-hydrogen) atoms. The zero-order valence-corrected chi connectivity index (χ0v) is 10.5. The average Bonchev–Trinajstić information content (AvgIpc) is 2.37. The van der Waals surface area contributed by atoms with Crippen LogP contribution in [0.3, 0.4) is 0 Å². The van der Waals surface area contributed by atoms with E-state index in [9.17, 15) is 0 Å². The SMILES string of the molecule is Cc1cnc(Cl)nc1Oc1ccc(CC#N)cc1. The molecule has 0 radical (unpaired) electrons. The average molecular weight is 260 g/mol. The van der Waals surface area contributed by atoms with Crippen LogP contribution in [0.4, 0.5) is 0 Å². The summed E-state index contributed by atoms with van der Waals surface area (Å²) in [6.45, 7) is 1.84. The Bertz CT molecular complexity index is 590. The van der Waals surface area contributed by atoms with Crippen LogP contribution in [0.1, 0.15) is 11.1 Å². The summed E-state index contributed by atoms with van der Waals surface area (Å²) >= 11 is 5.71. The van der Waals surface area contributed by atoms with Gasteiger partial charge in [0.2, 0.25) is 11.2 Å². The molecular formula is C13H10ClN3O. The Labute approximate surface area is 110 Å². The summed E-state index contributed by atoms with van der Waals surface area (Å²) in [7, 11) is 0. The van der Waals surface area contributed by atoms with Crippen molar-refractivity contribution in [2.75, 3.05) is 0 Å². The van der Waals surface area contributed by atoms with Crippen molar-refractivity contribution >= 4 is 11.6 Å². The first kappa shape index (κ1) is 12.3. The van der Waals surface area contributed by atoms with Crippen molar-refractivity contribution in [2.24, 2.45) is 0 Å². The van der Waals surface area contributed by atoms with Crippen LogP contribution in [-0.2, 0) is 6.42 Å². The number of nitriles is 1. The number of rotatable bonds is 3. The first-order valence-electron chi connectivity index (χ1n) is 5.32. The van der Waals surface area contributed by atoms with Crippen molar-refractivity contribution in [1.82, 2.24) is 9.97 Å². The third-order valence-electron chi connectivity index (χ3n) is 2.32. The summed E-state index contributed by atoms with van der Waals surface area (Å²) in [5.41, 5.74) is 1.75. The van der Waals surface area contributed by atoms with Gasteiger partial charge in [-0.1, -0.05) is 12.1 Å². The Morgan fingerprint density at radius 3 is 2.72 bits per heavy atom. The lowest BCUT2D eigenvalue weighted by Crippen LogP contribution is -1.93. The van der Waals surface area contributed by atoms with E-state index in [0.29, 0.717) is 18.1 Å². The van der Waals surface area contributed by atoms with Gasteiger partial charge in [0.25, 0.3) is 0 Å². The summed E-state index contributed by atoms with van der Waals surface area (Å²) in [5, 5.41) is 8.73. The van der Waals surface area contributed by atoms with Crippen molar-refractivity contribution in [2.45, 2.75) is 13.3 Å². The molecule has 0 amide bonds. The van der Waals surface area contributed by atoms with Gasteiger partial charge in [-0.05, 0) is 36.2 Å². The molecule has 1 heterocycles. The third-order valence-corrected chi connectivity index (χ3v) is 2.50. The Kier molecular flexibility index (Phi) is 3.75. The number of ether oxygens (including phenoxy) is 1. The van der Waals surface area contributed by atoms with Gasteiger partial charge < -0.3 is 4.74 Å². The molecule has 0 spiro atoms. The molecule has 0 unspecified atom stereocenters. The molecule has 2 rings (SSSR count). The molecule has 0 aliphatic rings. The van der Waals surface area contributed by atoms with Crippen molar-refractivity contribution < 1.29 is 4.74 Å². The fourth-order valence-electron chi connectivity index (χ4n) is 1.39. The highest BCUT2D eigenvalue weighted by molar-refractivity contribution is 6.28. The van der Waals surface area contributed by atoms with Crippen molar-refractivity contribution in [1.29, 1.82) is 5.26 Å². The van der Waals surface area contributed by atoms with Gasteiger partial charge in [0.15, 0.2) is 0 Å². The minimum Gasteiger partial charge on any atom is -0.439 e. The van der Waals surface area contributed by atoms with E-state index in [4.69, 9.17) is 21.6 Å². The Balaban J connectivity index is 2.18. The van der Waals surface area contributed by atoms with E-state index >= 15 is 0 Å². The van der Waals surface area contributed by atoms with E-state index in [-0.39, 0.29) is 5.28 Å². The lowest BCUT2D eigenvalue weighted by Gasteiger charge is -2.07. The van der Waals surface area contributed by atoms with E-state index in [1.54, 1.807) is 18.3 Å². The van der Waals surface area contributed by atoms with E-state index in [1.807, 2.05) is 19.1 Å². The van der Waals surface area contributed by atoms with Crippen molar-refractivity contribution in [3.63, 3.8) is 0 Å². The zero-order valence-electron chi connectivity index (χ0n) is 9.72. The van der Waals surface area contributed by atoms with Crippen LogP contribution in [-0.4, -0.2) is 9.97 Å². The first-order chi connectivity index (χ1) is 8.69. The van der Waals surface area contributed by atoms with E-state index in [0.717, 1.165) is 11.1 Å². The molecule has 0 fully saturated rings. The molecule has 90 valence electrons. The van der Waals surface area contributed by atoms with Crippen LogP contribution in [0, 0.1) is 18.3 Å². The number of aromatic nitrogens is 2.